The zero-order chi connectivity index (χ0) is 22.0. The predicted octanol–water partition coefficient (Wildman–Crippen LogP) is 4.32. The smallest absolute Gasteiger partial charge is 0.339 e. The van der Waals surface area contributed by atoms with E-state index in [4.69, 9.17) is 4.74 Å². The fourth-order valence-electron chi connectivity index (χ4n) is 3.45. The molecule has 1 aliphatic heterocycles. The SMILES string of the molecule is COC(=O)c1cccc(NC(=O)c2ccc3c(c2)CC(c2ccc(F)cc2)OC3=O)c1. The number of carbonyl (C=O) groups excluding carboxylic acids is 3. The molecule has 156 valence electrons. The first-order valence-electron chi connectivity index (χ1n) is 9.53. The Morgan fingerprint density at radius 3 is 2.55 bits per heavy atom. The molecule has 0 saturated carbocycles. The van der Waals surface area contributed by atoms with Gasteiger partial charge < -0.3 is 14.8 Å². The molecule has 31 heavy (non-hydrogen) atoms. The zero-order valence-corrected chi connectivity index (χ0v) is 16.6. The molecule has 1 N–H and O–H groups in total. The lowest BCUT2D eigenvalue weighted by Crippen LogP contribution is -2.23. The number of methoxy groups -OCH3 is 1. The fraction of sp³-hybridized carbons (Fsp3) is 0.125. The third kappa shape index (κ3) is 4.30. The molecule has 7 heteroatoms. The molecule has 0 spiro atoms. The number of hydrogen-bond acceptors (Lipinski definition) is 5. The first-order valence-corrected chi connectivity index (χ1v) is 9.53. The van der Waals surface area contributed by atoms with Crippen molar-refractivity contribution in [3.8, 4) is 0 Å². The number of carbonyl (C=O) groups is 3. The summed E-state index contributed by atoms with van der Waals surface area (Å²) in [4.78, 5) is 36.8. The average Bonchev–Trinajstić information content (AvgIpc) is 2.78. The molecule has 0 aromatic heterocycles. The van der Waals surface area contributed by atoms with Gasteiger partial charge >= 0.3 is 11.9 Å². The highest BCUT2D eigenvalue weighted by atomic mass is 19.1. The summed E-state index contributed by atoms with van der Waals surface area (Å²) in [5.74, 6) is -1.76. The Balaban J connectivity index is 1.56. The lowest BCUT2D eigenvalue weighted by molar-refractivity contribution is 0.0252. The van der Waals surface area contributed by atoms with Crippen LogP contribution >= 0.6 is 0 Å². The van der Waals surface area contributed by atoms with E-state index in [1.807, 2.05) is 0 Å². The zero-order valence-electron chi connectivity index (χ0n) is 16.6. The molecular formula is C24H18FNO5. The van der Waals surface area contributed by atoms with E-state index in [-0.39, 0.29) is 11.7 Å². The van der Waals surface area contributed by atoms with Gasteiger partial charge in [-0.2, -0.15) is 0 Å². The van der Waals surface area contributed by atoms with Crippen LogP contribution in [-0.4, -0.2) is 25.0 Å². The summed E-state index contributed by atoms with van der Waals surface area (Å²) >= 11 is 0. The van der Waals surface area contributed by atoms with E-state index in [1.165, 1.54) is 31.4 Å². The molecule has 1 heterocycles. The second-order valence-electron chi connectivity index (χ2n) is 7.05. The minimum absolute atomic E-state index is 0.315. The summed E-state index contributed by atoms with van der Waals surface area (Å²) in [5, 5.41) is 2.74. The van der Waals surface area contributed by atoms with Gasteiger partial charge in [-0.05, 0) is 59.7 Å². The molecule has 0 saturated heterocycles. The molecular weight excluding hydrogens is 401 g/mol. The maximum Gasteiger partial charge on any atom is 0.339 e. The number of anilines is 1. The Bertz CT molecular complexity index is 1170. The van der Waals surface area contributed by atoms with Gasteiger partial charge in [0.15, 0.2) is 0 Å². The van der Waals surface area contributed by atoms with E-state index in [9.17, 15) is 18.8 Å². The van der Waals surface area contributed by atoms with Gasteiger partial charge in [-0.25, -0.2) is 14.0 Å². The van der Waals surface area contributed by atoms with Crippen molar-refractivity contribution in [1.29, 1.82) is 0 Å². The molecule has 0 bridgehead atoms. The van der Waals surface area contributed by atoms with Crippen molar-refractivity contribution in [2.45, 2.75) is 12.5 Å². The second kappa shape index (κ2) is 8.39. The Kier molecular flexibility index (Phi) is 5.49. The van der Waals surface area contributed by atoms with Crippen molar-refractivity contribution < 1.29 is 28.2 Å². The van der Waals surface area contributed by atoms with E-state index >= 15 is 0 Å². The monoisotopic (exact) mass is 419 g/mol. The molecule has 1 aliphatic rings. The summed E-state index contributed by atoms with van der Waals surface area (Å²) in [5.41, 5.74) is 2.85. The summed E-state index contributed by atoms with van der Waals surface area (Å²) in [6.45, 7) is 0. The molecule has 6 nitrogen and oxygen atoms in total. The lowest BCUT2D eigenvalue weighted by Gasteiger charge is -2.25. The van der Waals surface area contributed by atoms with E-state index < -0.39 is 18.0 Å². The van der Waals surface area contributed by atoms with Crippen molar-refractivity contribution in [2.24, 2.45) is 0 Å². The van der Waals surface area contributed by atoms with Crippen LogP contribution in [0.4, 0.5) is 10.1 Å². The molecule has 1 amide bonds. The summed E-state index contributed by atoms with van der Waals surface area (Å²) < 4.78 is 23.4. The van der Waals surface area contributed by atoms with Crippen LogP contribution < -0.4 is 5.32 Å². The quantitative estimate of drug-likeness (QED) is 0.637. The van der Waals surface area contributed by atoms with Crippen molar-refractivity contribution in [1.82, 2.24) is 0 Å². The minimum Gasteiger partial charge on any atom is -0.465 e. The van der Waals surface area contributed by atoms with Gasteiger partial charge in [-0.1, -0.05) is 18.2 Å². The van der Waals surface area contributed by atoms with E-state index in [0.717, 1.165) is 0 Å². The van der Waals surface area contributed by atoms with Crippen LogP contribution in [0.3, 0.4) is 0 Å². The predicted molar refractivity (Wildman–Crippen MR) is 110 cm³/mol. The van der Waals surface area contributed by atoms with Gasteiger partial charge in [0, 0.05) is 17.7 Å². The van der Waals surface area contributed by atoms with Gasteiger partial charge in [0.05, 0.1) is 18.2 Å². The molecule has 3 aromatic rings. The summed E-state index contributed by atoms with van der Waals surface area (Å²) in [6.07, 6.45) is -0.193. The largest absolute Gasteiger partial charge is 0.465 e. The van der Waals surface area contributed by atoms with E-state index in [0.29, 0.717) is 39.9 Å². The number of amides is 1. The van der Waals surface area contributed by atoms with Crippen molar-refractivity contribution in [3.05, 3.63) is 100 Å². The third-order valence-corrected chi connectivity index (χ3v) is 5.03. The Morgan fingerprint density at radius 1 is 1.03 bits per heavy atom. The maximum atomic E-state index is 13.2. The number of halogens is 1. The highest BCUT2D eigenvalue weighted by molar-refractivity contribution is 6.06. The number of hydrogen-bond donors (Lipinski definition) is 1. The van der Waals surface area contributed by atoms with Gasteiger partial charge in [-0.15, -0.1) is 0 Å². The van der Waals surface area contributed by atoms with Crippen LogP contribution in [0.15, 0.2) is 66.7 Å². The number of nitrogens with one attached hydrogen (secondary N) is 1. The van der Waals surface area contributed by atoms with Crippen LogP contribution in [0.25, 0.3) is 0 Å². The van der Waals surface area contributed by atoms with Crippen LogP contribution in [0.5, 0.6) is 0 Å². The molecule has 0 radical (unpaired) electrons. The van der Waals surface area contributed by atoms with Gasteiger partial charge in [0.1, 0.15) is 11.9 Å². The standard InChI is InChI=1S/C24H18FNO5/c1-30-23(28)16-3-2-4-19(12-16)26-22(27)15-7-10-20-17(11-15)13-21(31-24(20)29)14-5-8-18(25)9-6-14/h2-12,21H,13H2,1H3,(H,26,27). The number of cyclic esters (lactones) is 1. The van der Waals surface area contributed by atoms with Crippen LogP contribution in [0.2, 0.25) is 0 Å². The molecule has 0 fully saturated rings. The molecule has 0 aliphatic carbocycles. The minimum atomic E-state index is -0.560. The van der Waals surface area contributed by atoms with Crippen molar-refractivity contribution >= 4 is 23.5 Å². The van der Waals surface area contributed by atoms with Crippen molar-refractivity contribution in [2.75, 3.05) is 12.4 Å². The van der Waals surface area contributed by atoms with Gasteiger partial charge in [0.25, 0.3) is 5.91 Å². The highest BCUT2D eigenvalue weighted by Crippen LogP contribution is 2.31. The number of ether oxygens (including phenoxy) is 2. The first kappa shape index (κ1) is 20.3. The number of fused-ring (bicyclic) bond motifs is 1. The van der Waals surface area contributed by atoms with E-state index in [2.05, 4.69) is 10.1 Å². The van der Waals surface area contributed by atoms with Crippen LogP contribution in [0, 0.1) is 5.82 Å². The van der Waals surface area contributed by atoms with Crippen LogP contribution in [0.1, 0.15) is 48.3 Å². The van der Waals surface area contributed by atoms with Crippen LogP contribution in [-0.2, 0) is 15.9 Å². The Labute approximate surface area is 177 Å². The lowest BCUT2D eigenvalue weighted by atomic mass is 9.93. The maximum absolute atomic E-state index is 13.2. The first-order chi connectivity index (χ1) is 14.9. The molecule has 1 atom stereocenters. The topological polar surface area (TPSA) is 81.7 Å². The normalized spacial score (nSPS) is 14.9. The van der Waals surface area contributed by atoms with Gasteiger partial charge in [0.2, 0.25) is 0 Å². The van der Waals surface area contributed by atoms with Gasteiger partial charge in [-0.3, -0.25) is 4.79 Å². The fourth-order valence-corrected chi connectivity index (χ4v) is 3.45. The highest BCUT2D eigenvalue weighted by Gasteiger charge is 2.28. The van der Waals surface area contributed by atoms with E-state index in [1.54, 1.807) is 42.5 Å². The molecule has 4 rings (SSSR count). The summed E-state index contributed by atoms with van der Waals surface area (Å²) in [6, 6.07) is 16.9. The van der Waals surface area contributed by atoms with Crippen molar-refractivity contribution in [3.63, 3.8) is 0 Å². The Morgan fingerprint density at radius 2 is 1.81 bits per heavy atom. The third-order valence-electron chi connectivity index (χ3n) is 5.03. The summed E-state index contributed by atoms with van der Waals surface area (Å²) in [7, 11) is 1.28. The number of rotatable bonds is 4. The molecule has 1 unspecified atom stereocenters. The molecule has 3 aromatic carbocycles. The second-order valence-corrected chi connectivity index (χ2v) is 7.05. The number of benzene rings is 3. The Hall–Kier alpha value is -4.00. The average molecular weight is 419 g/mol. The number of esters is 2.